The minimum absolute atomic E-state index is 0.0261. The van der Waals surface area contributed by atoms with Crippen LogP contribution >= 0.6 is 23.4 Å². The van der Waals surface area contributed by atoms with Gasteiger partial charge in [-0.15, -0.1) is 0 Å². The molecule has 8 heteroatoms. The molecule has 0 bridgehead atoms. The van der Waals surface area contributed by atoms with Crippen molar-refractivity contribution in [3.8, 4) is 5.75 Å². The molecule has 1 N–H and O–H groups in total. The molecule has 0 atom stereocenters. The van der Waals surface area contributed by atoms with Gasteiger partial charge >= 0.3 is 0 Å². The summed E-state index contributed by atoms with van der Waals surface area (Å²) in [5.41, 5.74) is 4.64. The smallest absolute Gasteiger partial charge is 0.293 e. The predicted octanol–water partition coefficient (Wildman–Crippen LogP) is 7.31. The van der Waals surface area contributed by atoms with Crippen LogP contribution in [-0.4, -0.2) is 21.2 Å². The molecule has 33 heavy (non-hydrogen) atoms. The molecule has 166 valence electrons. The lowest BCUT2D eigenvalue weighted by Crippen LogP contribution is -2.27. The van der Waals surface area contributed by atoms with E-state index >= 15 is 0 Å². The van der Waals surface area contributed by atoms with Crippen LogP contribution in [0.1, 0.15) is 22.3 Å². The SMILES string of the molecule is Cc1ccc(N=Nc2ccc(O)c(/C=C3\SC(=O)N(Cc4cccc(Cl)c4)C3=O)c2)cc1C. The molecule has 0 aliphatic carbocycles. The van der Waals surface area contributed by atoms with Crippen molar-refractivity contribution in [1.82, 2.24) is 4.90 Å². The monoisotopic (exact) mass is 477 g/mol. The Labute approximate surface area is 200 Å². The molecule has 0 spiro atoms. The Kier molecular flexibility index (Phi) is 6.62. The molecule has 2 amide bonds. The number of aryl methyl sites for hydroxylation is 2. The summed E-state index contributed by atoms with van der Waals surface area (Å²) in [5, 5.41) is 18.9. The van der Waals surface area contributed by atoms with E-state index in [0.717, 1.165) is 33.5 Å². The zero-order chi connectivity index (χ0) is 23.5. The van der Waals surface area contributed by atoms with Crippen LogP contribution in [-0.2, 0) is 11.3 Å². The van der Waals surface area contributed by atoms with E-state index in [-0.39, 0.29) is 22.4 Å². The summed E-state index contributed by atoms with van der Waals surface area (Å²) < 4.78 is 0. The summed E-state index contributed by atoms with van der Waals surface area (Å²) >= 11 is 6.83. The van der Waals surface area contributed by atoms with Gasteiger partial charge in [0.15, 0.2) is 0 Å². The number of rotatable bonds is 5. The van der Waals surface area contributed by atoms with Gasteiger partial charge in [-0.1, -0.05) is 29.8 Å². The van der Waals surface area contributed by atoms with E-state index in [1.165, 1.54) is 17.7 Å². The van der Waals surface area contributed by atoms with Crippen molar-refractivity contribution in [2.24, 2.45) is 10.2 Å². The molecule has 1 aliphatic heterocycles. The Morgan fingerprint density at radius 3 is 2.42 bits per heavy atom. The standard InChI is InChI=1S/C25H20ClN3O3S/c1-15-6-7-20(10-16(15)2)27-28-21-8-9-22(30)18(12-21)13-23-24(31)29(25(32)33-23)14-17-4-3-5-19(26)11-17/h3-13,30H,14H2,1-2H3/b23-13-,28-27?. The molecule has 4 rings (SSSR count). The van der Waals surface area contributed by atoms with E-state index in [0.29, 0.717) is 16.3 Å². The summed E-state index contributed by atoms with van der Waals surface area (Å²) in [6.07, 6.45) is 1.49. The highest BCUT2D eigenvalue weighted by Crippen LogP contribution is 2.36. The summed E-state index contributed by atoms with van der Waals surface area (Å²) in [6.45, 7) is 4.16. The van der Waals surface area contributed by atoms with Crippen LogP contribution in [0.25, 0.3) is 6.08 Å². The number of phenols is 1. The lowest BCUT2D eigenvalue weighted by Gasteiger charge is -2.12. The van der Waals surface area contributed by atoms with Gasteiger partial charge in [-0.3, -0.25) is 14.5 Å². The third-order valence-electron chi connectivity index (χ3n) is 5.17. The highest BCUT2D eigenvalue weighted by Gasteiger charge is 2.35. The minimum Gasteiger partial charge on any atom is -0.507 e. The summed E-state index contributed by atoms with van der Waals surface area (Å²) in [5.74, 6) is -0.451. The van der Waals surface area contributed by atoms with Gasteiger partial charge in [0.25, 0.3) is 11.1 Å². The fourth-order valence-electron chi connectivity index (χ4n) is 3.22. The Bertz CT molecular complexity index is 1320. The number of imide groups is 1. The number of amides is 2. The zero-order valence-electron chi connectivity index (χ0n) is 17.9. The van der Waals surface area contributed by atoms with Crippen molar-refractivity contribution in [2.75, 3.05) is 0 Å². The molecule has 3 aromatic carbocycles. The minimum atomic E-state index is -0.425. The van der Waals surface area contributed by atoms with E-state index in [1.54, 1.807) is 36.4 Å². The van der Waals surface area contributed by atoms with Crippen LogP contribution in [0.5, 0.6) is 5.75 Å². The fourth-order valence-corrected chi connectivity index (χ4v) is 4.26. The average molecular weight is 478 g/mol. The quantitative estimate of drug-likeness (QED) is 0.308. The molecule has 1 saturated heterocycles. The molecule has 6 nitrogen and oxygen atoms in total. The first-order valence-electron chi connectivity index (χ1n) is 10.1. The van der Waals surface area contributed by atoms with Crippen LogP contribution in [0.4, 0.5) is 16.2 Å². The molecular formula is C25H20ClN3O3S. The lowest BCUT2D eigenvalue weighted by atomic mass is 10.1. The van der Waals surface area contributed by atoms with Crippen molar-refractivity contribution in [3.63, 3.8) is 0 Å². The Balaban J connectivity index is 1.55. The second-order valence-electron chi connectivity index (χ2n) is 7.61. The predicted molar refractivity (Wildman–Crippen MR) is 131 cm³/mol. The van der Waals surface area contributed by atoms with Crippen LogP contribution in [0.2, 0.25) is 5.02 Å². The number of hydrogen-bond donors (Lipinski definition) is 1. The number of hydrogen-bond acceptors (Lipinski definition) is 6. The van der Waals surface area contributed by atoms with Crippen molar-refractivity contribution in [1.29, 1.82) is 0 Å². The third kappa shape index (κ3) is 5.32. The third-order valence-corrected chi connectivity index (χ3v) is 6.31. The Morgan fingerprint density at radius 1 is 0.970 bits per heavy atom. The van der Waals surface area contributed by atoms with E-state index in [2.05, 4.69) is 10.2 Å². The maximum atomic E-state index is 12.8. The number of aromatic hydroxyl groups is 1. The highest BCUT2D eigenvalue weighted by atomic mass is 35.5. The number of halogens is 1. The number of thioether (sulfide) groups is 1. The molecule has 1 aliphatic rings. The summed E-state index contributed by atoms with van der Waals surface area (Å²) in [7, 11) is 0. The molecule has 1 fully saturated rings. The van der Waals surface area contributed by atoms with Crippen LogP contribution in [0.15, 0.2) is 75.8 Å². The number of azo groups is 1. The van der Waals surface area contributed by atoms with E-state index in [4.69, 9.17) is 11.6 Å². The van der Waals surface area contributed by atoms with Crippen molar-refractivity contribution < 1.29 is 14.7 Å². The number of phenolic OH excluding ortho intramolecular Hbond substituents is 1. The zero-order valence-corrected chi connectivity index (χ0v) is 19.5. The number of benzene rings is 3. The first-order chi connectivity index (χ1) is 15.8. The maximum absolute atomic E-state index is 12.8. The van der Waals surface area contributed by atoms with Gasteiger partial charge in [0.2, 0.25) is 0 Å². The van der Waals surface area contributed by atoms with Crippen LogP contribution in [0, 0.1) is 13.8 Å². The maximum Gasteiger partial charge on any atom is 0.293 e. The Hall–Kier alpha value is -3.42. The number of carbonyl (C=O) groups excluding carboxylic acids is 2. The van der Waals surface area contributed by atoms with Crippen LogP contribution in [0.3, 0.4) is 0 Å². The molecule has 0 unspecified atom stereocenters. The first kappa shape index (κ1) is 22.8. The van der Waals surface area contributed by atoms with Gasteiger partial charge in [0.1, 0.15) is 5.75 Å². The molecular weight excluding hydrogens is 458 g/mol. The Morgan fingerprint density at radius 2 is 1.70 bits per heavy atom. The molecule has 1 heterocycles. The van der Waals surface area contributed by atoms with Gasteiger partial charge in [0.05, 0.1) is 22.8 Å². The fraction of sp³-hybridized carbons (Fsp3) is 0.120. The summed E-state index contributed by atoms with van der Waals surface area (Å²) in [4.78, 5) is 26.6. The molecule has 3 aromatic rings. The van der Waals surface area contributed by atoms with Gasteiger partial charge in [0, 0.05) is 10.6 Å². The van der Waals surface area contributed by atoms with Crippen molar-refractivity contribution in [3.05, 3.63) is 92.8 Å². The van der Waals surface area contributed by atoms with Crippen molar-refractivity contribution in [2.45, 2.75) is 20.4 Å². The van der Waals surface area contributed by atoms with Gasteiger partial charge in [-0.05, 0) is 90.8 Å². The molecule has 0 saturated carbocycles. The normalized spacial score (nSPS) is 15.2. The van der Waals surface area contributed by atoms with E-state index < -0.39 is 5.91 Å². The van der Waals surface area contributed by atoms with Gasteiger partial charge in [-0.2, -0.15) is 10.2 Å². The number of carbonyl (C=O) groups is 2. The lowest BCUT2D eigenvalue weighted by molar-refractivity contribution is -0.123. The van der Waals surface area contributed by atoms with Gasteiger partial charge in [-0.25, -0.2) is 0 Å². The van der Waals surface area contributed by atoms with E-state index in [9.17, 15) is 14.7 Å². The largest absolute Gasteiger partial charge is 0.507 e. The molecule has 0 aromatic heterocycles. The molecule has 0 radical (unpaired) electrons. The van der Waals surface area contributed by atoms with E-state index in [1.807, 2.05) is 32.0 Å². The summed E-state index contributed by atoms with van der Waals surface area (Å²) in [6, 6.07) is 17.5. The number of nitrogens with zero attached hydrogens (tertiary/aromatic N) is 3. The second kappa shape index (κ2) is 9.60. The highest BCUT2D eigenvalue weighted by molar-refractivity contribution is 8.18. The topological polar surface area (TPSA) is 82.3 Å². The van der Waals surface area contributed by atoms with Crippen molar-refractivity contribution >= 4 is 52.0 Å². The first-order valence-corrected chi connectivity index (χ1v) is 11.3. The second-order valence-corrected chi connectivity index (χ2v) is 9.04. The van der Waals surface area contributed by atoms with Gasteiger partial charge < -0.3 is 5.11 Å². The average Bonchev–Trinajstić information content (AvgIpc) is 3.04. The van der Waals surface area contributed by atoms with Crippen LogP contribution < -0.4 is 0 Å².